The summed E-state index contributed by atoms with van der Waals surface area (Å²) in [5.41, 5.74) is 0. The summed E-state index contributed by atoms with van der Waals surface area (Å²) in [6, 6.07) is -0.277. The minimum atomic E-state index is -0.277. The maximum Gasteiger partial charge on any atom is 0.305 e. The third-order valence-corrected chi connectivity index (χ3v) is 3.22. The van der Waals surface area contributed by atoms with Crippen LogP contribution in [-0.2, 0) is 19.1 Å². The molecule has 0 bridgehead atoms. The van der Waals surface area contributed by atoms with Gasteiger partial charge in [0.2, 0.25) is 5.91 Å². The molecule has 0 radical (unpaired) electrons. The number of allylic oxidation sites excluding steroid dienone is 1. The highest BCUT2D eigenvalue weighted by Gasteiger charge is 2.26. The number of unbranched alkanes of at least 4 members (excludes halogenated alkanes) is 1. The Bertz CT molecular complexity index is 351. The molecule has 1 rings (SSSR count). The summed E-state index contributed by atoms with van der Waals surface area (Å²) < 4.78 is 4.54. The number of likely N-dealkylation sites (tertiary alicyclic amines) is 1. The van der Waals surface area contributed by atoms with Crippen molar-refractivity contribution in [2.75, 3.05) is 13.7 Å². The van der Waals surface area contributed by atoms with Gasteiger partial charge in [-0.2, -0.15) is 0 Å². The molecular formula is C14H21NO4. The Balaban J connectivity index is 2.27. The molecule has 1 saturated heterocycles. The van der Waals surface area contributed by atoms with Gasteiger partial charge in [-0.25, -0.2) is 0 Å². The molecule has 0 aromatic heterocycles. The first-order chi connectivity index (χ1) is 9.19. The Kier molecular flexibility index (Phi) is 6.85. The van der Waals surface area contributed by atoms with Gasteiger partial charge < -0.3 is 14.4 Å². The third-order valence-electron chi connectivity index (χ3n) is 3.22. The monoisotopic (exact) mass is 267 g/mol. The smallest absolute Gasteiger partial charge is 0.305 e. The summed E-state index contributed by atoms with van der Waals surface area (Å²) >= 11 is 0. The zero-order valence-corrected chi connectivity index (χ0v) is 11.3. The number of methoxy groups -OCH3 is 1. The summed E-state index contributed by atoms with van der Waals surface area (Å²) in [6.45, 7) is 0.473. The lowest BCUT2D eigenvalue weighted by Gasteiger charge is -2.31. The van der Waals surface area contributed by atoms with E-state index in [-0.39, 0.29) is 17.9 Å². The predicted octanol–water partition coefficient (Wildman–Crippen LogP) is 1.47. The van der Waals surface area contributed by atoms with Crippen molar-refractivity contribution in [3.8, 4) is 0 Å². The SMILES string of the molecule is COC(=O)CCCC=CCN1C(=O)CCC[C@@H]1C=O. The molecule has 0 N–H and O–H groups in total. The number of esters is 1. The van der Waals surface area contributed by atoms with Crippen LogP contribution in [0.5, 0.6) is 0 Å². The second kappa shape index (κ2) is 8.45. The zero-order chi connectivity index (χ0) is 14.1. The molecule has 1 atom stereocenters. The van der Waals surface area contributed by atoms with Gasteiger partial charge in [0.05, 0.1) is 13.2 Å². The van der Waals surface area contributed by atoms with Gasteiger partial charge in [0.15, 0.2) is 0 Å². The summed E-state index contributed by atoms with van der Waals surface area (Å²) in [5, 5.41) is 0. The molecule has 0 aliphatic carbocycles. The average Bonchev–Trinajstić information content (AvgIpc) is 2.43. The summed E-state index contributed by atoms with van der Waals surface area (Å²) in [6.07, 6.45) is 8.65. The van der Waals surface area contributed by atoms with Crippen molar-refractivity contribution in [2.24, 2.45) is 0 Å². The fraction of sp³-hybridized carbons (Fsp3) is 0.643. The van der Waals surface area contributed by atoms with E-state index in [2.05, 4.69) is 4.74 Å². The molecule has 106 valence electrons. The first-order valence-corrected chi connectivity index (χ1v) is 6.65. The molecular weight excluding hydrogens is 246 g/mol. The number of hydrogen-bond donors (Lipinski definition) is 0. The highest BCUT2D eigenvalue weighted by Crippen LogP contribution is 2.16. The van der Waals surface area contributed by atoms with Crippen LogP contribution < -0.4 is 0 Å². The first kappa shape index (κ1) is 15.4. The predicted molar refractivity (Wildman–Crippen MR) is 70.4 cm³/mol. The van der Waals surface area contributed by atoms with E-state index >= 15 is 0 Å². The van der Waals surface area contributed by atoms with Crippen molar-refractivity contribution in [2.45, 2.75) is 44.6 Å². The highest BCUT2D eigenvalue weighted by molar-refractivity contribution is 5.81. The number of aldehydes is 1. The van der Waals surface area contributed by atoms with Gasteiger partial charge in [-0.15, -0.1) is 0 Å². The van der Waals surface area contributed by atoms with Crippen molar-refractivity contribution in [3.63, 3.8) is 0 Å². The summed E-state index contributed by atoms with van der Waals surface area (Å²) in [5.74, 6) is -0.164. The number of carbonyl (C=O) groups excluding carboxylic acids is 3. The minimum Gasteiger partial charge on any atom is -0.469 e. The highest BCUT2D eigenvalue weighted by atomic mass is 16.5. The van der Waals surface area contributed by atoms with E-state index in [1.807, 2.05) is 12.2 Å². The molecule has 5 nitrogen and oxygen atoms in total. The molecule has 1 amide bonds. The lowest BCUT2D eigenvalue weighted by atomic mass is 10.0. The van der Waals surface area contributed by atoms with Crippen LogP contribution in [0.4, 0.5) is 0 Å². The quantitative estimate of drug-likeness (QED) is 0.303. The van der Waals surface area contributed by atoms with Crippen molar-refractivity contribution >= 4 is 18.2 Å². The fourth-order valence-corrected chi connectivity index (χ4v) is 2.10. The number of amides is 1. The van der Waals surface area contributed by atoms with Crippen molar-refractivity contribution < 1.29 is 19.1 Å². The van der Waals surface area contributed by atoms with E-state index in [0.717, 1.165) is 32.0 Å². The maximum atomic E-state index is 11.7. The van der Waals surface area contributed by atoms with E-state index in [1.54, 1.807) is 4.90 Å². The molecule has 1 aliphatic heterocycles. The topological polar surface area (TPSA) is 63.7 Å². The second-order valence-corrected chi connectivity index (χ2v) is 4.58. The van der Waals surface area contributed by atoms with Crippen LogP contribution in [-0.4, -0.2) is 42.8 Å². The summed E-state index contributed by atoms with van der Waals surface area (Å²) in [4.78, 5) is 35.1. The van der Waals surface area contributed by atoms with E-state index in [1.165, 1.54) is 7.11 Å². The fourth-order valence-electron chi connectivity index (χ4n) is 2.10. The van der Waals surface area contributed by atoms with Crippen LogP contribution in [0.2, 0.25) is 0 Å². The Morgan fingerprint density at radius 2 is 2.26 bits per heavy atom. The van der Waals surface area contributed by atoms with Gasteiger partial charge in [0.1, 0.15) is 6.29 Å². The van der Waals surface area contributed by atoms with Gasteiger partial charge in [0, 0.05) is 19.4 Å². The molecule has 0 spiro atoms. The van der Waals surface area contributed by atoms with Crippen LogP contribution >= 0.6 is 0 Å². The largest absolute Gasteiger partial charge is 0.469 e. The molecule has 0 unspecified atom stereocenters. The molecule has 1 heterocycles. The second-order valence-electron chi connectivity index (χ2n) is 4.58. The Labute approximate surface area is 113 Å². The molecule has 0 saturated carbocycles. The van der Waals surface area contributed by atoms with Crippen LogP contribution in [0.25, 0.3) is 0 Å². The van der Waals surface area contributed by atoms with Crippen molar-refractivity contribution in [3.05, 3.63) is 12.2 Å². The molecule has 1 fully saturated rings. The number of rotatable bonds is 7. The van der Waals surface area contributed by atoms with Gasteiger partial charge in [-0.05, 0) is 25.7 Å². The lowest BCUT2D eigenvalue weighted by Crippen LogP contribution is -2.44. The first-order valence-electron chi connectivity index (χ1n) is 6.65. The lowest BCUT2D eigenvalue weighted by molar-refractivity contribution is -0.140. The van der Waals surface area contributed by atoms with Crippen LogP contribution in [0.15, 0.2) is 12.2 Å². The molecule has 0 aromatic carbocycles. The molecule has 1 aliphatic rings. The average molecular weight is 267 g/mol. The summed E-state index contributed by atoms with van der Waals surface area (Å²) in [7, 11) is 1.37. The zero-order valence-electron chi connectivity index (χ0n) is 11.3. The maximum absolute atomic E-state index is 11.7. The normalized spacial score (nSPS) is 19.7. The number of nitrogens with zero attached hydrogens (tertiary/aromatic N) is 1. The van der Waals surface area contributed by atoms with Crippen LogP contribution in [0, 0.1) is 0 Å². The number of ether oxygens (including phenoxy) is 1. The molecule has 0 aromatic rings. The number of hydrogen-bond acceptors (Lipinski definition) is 4. The van der Waals surface area contributed by atoms with Crippen molar-refractivity contribution in [1.82, 2.24) is 4.90 Å². The van der Waals surface area contributed by atoms with E-state index in [4.69, 9.17) is 0 Å². The van der Waals surface area contributed by atoms with Crippen LogP contribution in [0.3, 0.4) is 0 Å². The van der Waals surface area contributed by atoms with E-state index in [0.29, 0.717) is 19.4 Å². The minimum absolute atomic E-state index is 0.0440. The molecule has 19 heavy (non-hydrogen) atoms. The van der Waals surface area contributed by atoms with E-state index in [9.17, 15) is 14.4 Å². The third kappa shape index (κ3) is 5.24. The Morgan fingerprint density at radius 1 is 1.47 bits per heavy atom. The van der Waals surface area contributed by atoms with Gasteiger partial charge in [-0.3, -0.25) is 9.59 Å². The van der Waals surface area contributed by atoms with Crippen LogP contribution in [0.1, 0.15) is 38.5 Å². The Morgan fingerprint density at radius 3 is 2.95 bits per heavy atom. The van der Waals surface area contributed by atoms with E-state index < -0.39 is 0 Å². The molecule has 5 heteroatoms. The van der Waals surface area contributed by atoms with Gasteiger partial charge >= 0.3 is 5.97 Å². The van der Waals surface area contributed by atoms with Gasteiger partial charge in [-0.1, -0.05) is 12.2 Å². The number of piperidine rings is 1. The standard InChI is InChI=1S/C14H21NO4/c1-19-14(18)9-4-2-3-5-10-15-12(11-16)7-6-8-13(15)17/h3,5,11-12H,2,4,6-10H2,1H3/t12-/m1/s1. The van der Waals surface area contributed by atoms with Gasteiger partial charge in [0.25, 0.3) is 0 Å². The Hall–Kier alpha value is -1.65. The number of carbonyl (C=O) groups is 3. The van der Waals surface area contributed by atoms with Crippen molar-refractivity contribution in [1.29, 1.82) is 0 Å².